The van der Waals surface area contributed by atoms with Crippen molar-refractivity contribution < 1.29 is 0 Å². The summed E-state index contributed by atoms with van der Waals surface area (Å²) < 4.78 is 1.98. The zero-order chi connectivity index (χ0) is 10.1. The SMILES string of the molecule is Cc1cc(CC2CCCC2Cl)n(C)n1. The van der Waals surface area contributed by atoms with E-state index in [4.69, 9.17) is 11.6 Å². The van der Waals surface area contributed by atoms with Gasteiger partial charge < -0.3 is 0 Å². The van der Waals surface area contributed by atoms with E-state index in [2.05, 4.69) is 11.2 Å². The zero-order valence-electron chi connectivity index (χ0n) is 8.83. The van der Waals surface area contributed by atoms with E-state index in [0.717, 1.165) is 12.1 Å². The average molecular weight is 213 g/mol. The van der Waals surface area contributed by atoms with Crippen LogP contribution in [0.3, 0.4) is 0 Å². The number of alkyl halides is 1. The first-order valence-electron chi connectivity index (χ1n) is 5.30. The van der Waals surface area contributed by atoms with Crippen molar-refractivity contribution in [3.8, 4) is 0 Å². The number of aromatic nitrogens is 2. The average Bonchev–Trinajstić information content (AvgIpc) is 2.62. The van der Waals surface area contributed by atoms with Crippen molar-refractivity contribution in [1.29, 1.82) is 0 Å². The van der Waals surface area contributed by atoms with Crippen LogP contribution in [-0.4, -0.2) is 15.2 Å². The smallest absolute Gasteiger partial charge is 0.0596 e. The number of rotatable bonds is 2. The summed E-state index contributed by atoms with van der Waals surface area (Å²) in [5.74, 6) is 0.659. The molecule has 2 unspecified atom stereocenters. The molecule has 0 bridgehead atoms. The van der Waals surface area contributed by atoms with Gasteiger partial charge in [-0.1, -0.05) is 6.42 Å². The van der Waals surface area contributed by atoms with Crippen molar-refractivity contribution in [2.24, 2.45) is 13.0 Å². The standard InChI is InChI=1S/C11H17ClN2/c1-8-6-10(14(2)13-8)7-9-4-3-5-11(9)12/h6,9,11H,3-5,7H2,1-2H3. The van der Waals surface area contributed by atoms with Crippen molar-refractivity contribution in [3.05, 3.63) is 17.5 Å². The maximum absolute atomic E-state index is 6.26. The summed E-state index contributed by atoms with van der Waals surface area (Å²) in [6.07, 6.45) is 4.84. The van der Waals surface area contributed by atoms with Gasteiger partial charge in [0.05, 0.1) is 5.69 Å². The summed E-state index contributed by atoms with van der Waals surface area (Å²) in [5.41, 5.74) is 2.42. The zero-order valence-corrected chi connectivity index (χ0v) is 9.59. The topological polar surface area (TPSA) is 17.8 Å². The highest BCUT2D eigenvalue weighted by atomic mass is 35.5. The largest absolute Gasteiger partial charge is 0.272 e. The molecule has 1 aliphatic rings. The molecule has 2 rings (SSSR count). The highest BCUT2D eigenvalue weighted by molar-refractivity contribution is 6.20. The molecule has 2 nitrogen and oxygen atoms in total. The number of nitrogens with zero attached hydrogens (tertiary/aromatic N) is 2. The molecule has 3 heteroatoms. The number of hydrogen-bond acceptors (Lipinski definition) is 1. The molecule has 1 aromatic rings. The first-order valence-corrected chi connectivity index (χ1v) is 5.74. The molecule has 2 atom stereocenters. The summed E-state index contributed by atoms with van der Waals surface area (Å²) in [7, 11) is 2.01. The second-order valence-electron chi connectivity index (χ2n) is 4.31. The van der Waals surface area contributed by atoms with Crippen LogP contribution in [0.5, 0.6) is 0 Å². The van der Waals surface area contributed by atoms with Crippen molar-refractivity contribution in [3.63, 3.8) is 0 Å². The third-order valence-electron chi connectivity index (χ3n) is 3.14. The Hall–Kier alpha value is -0.500. The van der Waals surface area contributed by atoms with Crippen molar-refractivity contribution in [2.75, 3.05) is 0 Å². The lowest BCUT2D eigenvalue weighted by Crippen LogP contribution is -2.12. The van der Waals surface area contributed by atoms with Crippen LogP contribution in [0, 0.1) is 12.8 Å². The van der Waals surface area contributed by atoms with Gasteiger partial charge in [0.1, 0.15) is 0 Å². The monoisotopic (exact) mass is 212 g/mol. The molecule has 0 radical (unpaired) electrons. The van der Waals surface area contributed by atoms with Crippen LogP contribution in [0.25, 0.3) is 0 Å². The van der Waals surface area contributed by atoms with E-state index >= 15 is 0 Å². The molecule has 1 saturated carbocycles. The molecule has 0 spiro atoms. The Morgan fingerprint density at radius 3 is 2.86 bits per heavy atom. The summed E-state index contributed by atoms with van der Waals surface area (Å²) in [6, 6.07) is 2.17. The van der Waals surface area contributed by atoms with E-state index in [1.54, 1.807) is 0 Å². The van der Waals surface area contributed by atoms with Crippen LogP contribution in [-0.2, 0) is 13.5 Å². The predicted molar refractivity (Wildman–Crippen MR) is 58.6 cm³/mol. The lowest BCUT2D eigenvalue weighted by Gasteiger charge is -2.12. The van der Waals surface area contributed by atoms with Gasteiger partial charge in [-0.15, -0.1) is 11.6 Å². The number of aryl methyl sites for hydroxylation is 2. The quantitative estimate of drug-likeness (QED) is 0.690. The Kier molecular flexibility index (Phi) is 2.82. The van der Waals surface area contributed by atoms with E-state index in [9.17, 15) is 0 Å². The molecule has 0 aliphatic heterocycles. The van der Waals surface area contributed by atoms with Gasteiger partial charge in [0.25, 0.3) is 0 Å². The maximum atomic E-state index is 6.26. The molecule has 78 valence electrons. The van der Waals surface area contributed by atoms with Gasteiger partial charge in [-0.25, -0.2) is 0 Å². The highest BCUT2D eigenvalue weighted by Gasteiger charge is 2.26. The molecular weight excluding hydrogens is 196 g/mol. The van der Waals surface area contributed by atoms with Crippen LogP contribution >= 0.6 is 11.6 Å². The maximum Gasteiger partial charge on any atom is 0.0596 e. The molecule has 0 aromatic carbocycles. The fraction of sp³-hybridized carbons (Fsp3) is 0.727. The predicted octanol–water partition coefficient (Wildman–Crippen LogP) is 2.68. The van der Waals surface area contributed by atoms with Gasteiger partial charge in [-0.2, -0.15) is 5.10 Å². The van der Waals surface area contributed by atoms with Crippen molar-refractivity contribution in [2.45, 2.75) is 38.0 Å². The molecule has 0 N–H and O–H groups in total. The third-order valence-corrected chi connectivity index (χ3v) is 3.71. The van der Waals surface area contributed by atoms with Crippen molar-refractivity contribution >= 4 is 11.6 Å². The van der Waals surface area contributed by atoms with Crippen LogP contribution in [0.15, 0.2) is 6.07 Å². The van der Waals surface area contributed by atoms with E-state index in [1.807, 2.05) is 18.7 Å². The highest BCUT2D eigenvalue weighted by Crippen LogP contribution is 2.32. The van der Waals surface area contributed by atoms with Crippen molar-refractivity contribution in [1.82, 2.24) is 9.78 Å². The Labute approximate surface area is 90.3 Å². The molecule has 0 saturated heterocycles. The first kappa shape index (κ1) is 10.0. The van der Waals surface area contributed by atoms with Crippen LogP contribution in [0.2, 0.25) is 0 Å². The minimum absolute atomic E-state index is 0.380. The van der Waals surface area contributed by atoms with Gasteiger partial charge in [0.2, 0.25) is 0 Å². The van der Waals surface area contributed by atoms with E-state index in [-0.39, 0.29) is 0 Å². The summed E-state index contributed by atoms with van der Waals surface area (Å²) in [5, 5.41) is 4.73. The van der Waals surface area contributed by atoms with E-state index in [1.165, 1.54) is 25.0 Å². The molecule has 1 heterocycles. The Bertz CT molecular complexity index is 319. The fourth-order valence-electron chi connectivity index (χ4n) is 2.35. The Morgan fingerprint density at radius 1 is 1.57 bits per heavy atom. The summed E-state index contributed by atoms with van der Waals surface area (Å²) in [4.78, 5) is 0. The molecule has 14 heavy (non-hydrogen) atoms. The van der Waals surface area contributed by atoms with Gasteiger partial charge in [-0.3, -0.25) is 4.68 Å². The van der Waals surface area contributed by atoms with Crippen LogP contribution in [0.1, 0.15) is 30.7 Å². The lowest BCUT2D eigenvalue weighted by molar-refractivity contribution is 0.526. The normalized spacial score (nSPS) is 27.1. The minimum Gasteiger partial charge on any atom is -0.272 e. The van der Waals surface area contributed by atoms with E-state index < -0.39 is 0 Å². The third kappa shape index (κ3) is 1.95. The molecule has 1 aromatic heterocycles. The van der Waals surface area contributed by atoms with Crippen LogP contribution in [0.4, 0.5) is 0 Å². The number of halogens is 1. The van der Waals surface area contributed by atoms with E-state index in [0.29, 0.717) is 11.3 Å². The molecule has 0 amide bonds. The second-order valence-corrected chi connectivity index (χ2v) is 4.87. The Morgan fingerprint density at radius 2 is 2.36 bits per heavy atom. The van der Waals surface area contributed by atoms with Crippen LogP contribution < -0.4 is 0 Å². The van der Waals surface area contributed by atoms with Gasteiger partial charge in [0, 0.05) is 18.1 Å². The van der Waals surface area contributed by atoms with Gasteiger partial charge in [0.15, 0.2) is 0 Å². The minimum atomic E-state index is 0.380. The Balaban J connectivity index is 2.06. The summed E-state index contributed by atoms with van der Waals surface area (Å²) >= 11 is 6.26. The molecular formula is C11H17ClN2. The van der Waals surface area contributed by atoms with Gasteiger partial charge >= 0.3 is 0 Å². The second kappa shape index (κ2) is 3.93. The molecule has 1 aliphatic carbocycles. The molecule has 1 fully saturated rings. The fourth-order valence-corrected chi connectivity index (χ4v) is 2.71. The van der Waals surface area contributed by atoms with Gasteiger partial charge in [-0.05, 0) is 38.2 Å². The lowest BCUT2D eigenvalue weighted by atomic mass is 10.0. The summed E-state index contributed by atoms with van der Waals surface area (Å²) in [6.45, 7) is 2.04. The number of hydrogen-bond donors (Lipinski definition) is 0. The first-order chi connectivity index (χ1) is 6.66.